The summed E-state index contributed by atoms with van der Waals surface area (Å²) in [6.07, 6.45) is 0.893. The monoisotopic (exact) mass is 333 g/mol. The standard InChI is InChI=1S/C19H31N3O2/c1-4-21-10-9-20(3)14-18(22(12-11-21)15-19(23)24)13-17-7-5-16(2)6-8-17/h5-8,18H,4,9-15H2,1-3H3,(H,23,24). The Bertz CT molecular complexity index is 518. The highest BCUT2D eigenvalue weighted by Crippen LogP contribution is 2.13. The number of carbonyl (C=O) groups is 1. The molecule has 1 aliphatic rings. The number of rotatable bonds is 5. The number of hydrogen-bond acceptors (Lipinski definition) is 4. The molecule has 1 heterocycles. The van der Waals surface area contributed by atoms with Crippen LogP contribution >= 0.6 is 0 Å². The lowest BCUT2D eigenvalue weighted by atomic mass is 10.0. The van der Waals surface area contributed by atoms with Crippen molar-refractivity contribution in [2.75, 3.05) is 52.9 Å². The van der Waals surface area contributed by atoms with Crippen LogP contribution in [-0.2, 0) is 11.2 Å². The van der Waals surface area contributed by atoms with Gasteiger partial charge >= 0.3 is 5.97 Å². The number of likely N-dealkylation sites (N-methyl/N-ethyl adjacent to an activating group) is 2. The average molecular weight is 333 g/mol. The van der Waals surface area contributed by atoms with E-state index in [1.807, 2.05) is 0 Å². The van der Waals surface area contributed by atoms with Crippen molar-refractivity contribution in [3.8, 4) is 0 Å². The summed E-state index contributed by atoms with van der Waals surface area (Å²) in [6.45, 7) is 10.1. The molecule has 1 saturated heterocycles. The summed E-state index contributed by atoms with van der Waals surface area (Å²) in [5.41, 5.74) is 2.53. The van der Waals surface area contributed by atoms with E-state index in [1.165, 1.54) is 11.1 Å². The number of carboxylic acid groups (broad SMARTS) is 1. The van der Waals surface area contributed by atoms with Gasteiger partial charge in [0, 0.05) is 38.8 Å². The molecule has 0 radical (unpaired) electrons. The number of hydrogen-bond donors (Lipinski definition) is 1. The molecule has 1 atom stereocenters. The maximum absolute atomic E-state index is 11.4. The molecule has 1 aliphatic heterocycles. The highest BCUT2D eigenvalue weighted by atomic mass is 16.4. The molecule has 2 rings (SSSR count). The first-order chi connectivity index (χ1) is 11.5. The second-order valence-corrected chi connectivity index (χ2v) is 6.90. The first kappa shape index (κ1) is 18.9. The molecule has 24 heavy (non-hydrogen) atoms. The van der Waals surface area contributed by atoms with Crippen molar-refractivity contribution < 1.29 is 9.90 Å². The Kier molecular flexibility index (Phi) is 7.21. The summed E-state index contributed by atoms with van der Waals surface area (Å²) >= 11 is 0. The zero-order valence-electron chi connectivity index (χ0n) is 15.2. The number of benzene rings is 1. The molecule has 1 aromatic rings. The van der Waals surface area contributed by atoms with Crippen LogP contribution in [0.3, 0.4) is 0 Å². The van der Waals surface area contributed by atoms with Crippen molar-refractivity contribution >= 4 is 5.97 Å². The molecular formula is C19H31N3O2. The lowest BCUT2D eigenvalue weighted by Crippen LogP contribution is -2.47. The van der Waals surface area contributed by atoms with E-state index in [-0.39, 0.29) is 12.6 Å². The maximum atomic E-state index is 11.4. The van der Waals surface area contributed by atoms with Gasteiger partial charge in [-0.05, 0) is 32.5 Å². The molecule has 1 N–H and O–H groups in total. The summed E-state index contributed by atoms with van der Waals surface area (Å²) in [4.78, 5) is 18.2. The Balaban J connectivity index is 2.16. The van der Waals surface area contributed by atoms with Crippen molar-refractivity contribution in [2.24, 2.45) is 0 Å². The summed E-state index contributed by atoms with van der Waals surface area (Å²) in [5.74, 6) is -0.742. The third-order valence-electron chi connectivity index (χ3n) is 4.92. The third-order valence-corrected chi connectivity index (χ3v) is 4.92. The number of carboxylic acids is 1. The second-order valence-electron chi connectivity index (χ2n) is 6.90. The van der Waals surface area contributed by atoms with Crippen molar-refractivity contribution in [2.45, 2.75) is 26.3 Å². The first-order valence-corrected chi connectivity index (χ1v) is 8.90. The molecule has 1 aromatic carbocycles. The normalized spacial score (nSPS) is 21.9. The molecule has 0 bridgehead atoms. The van der Waals surface area contributed by atoms with Crippen LogP contribution in [-0.4, -0.2) is 84.7 Å². The summed E-state index contributed by atoms with van der Waals surface area (Å²) in [6, 6.07) is 8.83. The molecule has 0 aromatic heterocycles. The van der Waals surface area contributed by atoms with E-state index in [1.54, 1.807) is 0 Å². The zero-order valence-corrected chi connectivity index (χ0v) is 15.2. The van der Waals surface area contributed by atoms with Gasteiger partial charge in [0.25, 0.3) is 0 Å². The van der Waals surface area contributed by atoms with Gasteiger partial charge < -0.3 is 14.9 Å². The van der Waals surface area contributed by atoms with Crippen LogP contribution < -0.4 is 0 Å². The Morgan fingerprint density at radius 3 is 2.46 bits per heavy atom. The second kappa shape index (κ2) is 9.16. The van der Waals surface area contributed by atoms with E-state index in [2.05, 4.69) is 59.9 Å². The minimum atomic E-state index is -0.742. The van der Waals surface area contributed by atoms with Crippen LogP contribution in [0.15, 0.2) is 24.3 Å². The third kappa shape index (κ3) is 5.89. The lowest BCUT2D eigenvalue weighted by molar-refractivity contribution is -0.139. The fourth-order valence-corrected chi connectivity index (χ4v) is 3.33. The van der Waals surface area contributed by atoms with Gasteiger partial charge in [-0.3, -0.25) is 9.69 Å². The topological polar surface area (TPSA) is 47.0 Å². The molecule has 5 nitrogen and oxygen atoms in total. The number of aliphatic carboxylic acids is 1. The van der Waals surface area contributed by atoms with Gasteiger partial charge in [-0.2, -0.15) is 0 Å². The molecular weight excluding hydrogens is 302 g/mol. The van der Waals surface area contributed by atoms with Gasteiger partial charge in [0.15, 0.2) is 0 Å². The van der Waals surface area contributed by atoms with Crippen LogP contribution in [0.2, 0.25) is 0 Å². The molecule has 1 fully saturated rings. The molecule has 0 aliphatic carbocycles. The Labute approximate surface area is 145 Å². The van der Waals surface area contributed by atoms with Crippen LogP contribution in [0.5, 0.6) is 0 Å². The maximum Gasteiger partial charge on any atom is 0.317 e. The largest absolute Gasteiger partial charge is 0.480 e. The van der Waals surface area contributed by atoms with Crippen molar-refractivity contribution in [1.82, 2.24) is 14.7 Å². The minimum Gasteiger partial charge on any atom is -0.480 e. The highest BCUT2D eigenvalue weighted by Gasteiger charge is 2.25. The summed E-state index contributed by atoms with van der Waals surface area (Å²) in [7, 11) is 2.14. The van der Waals surface area contributed by atoms with Crippen molar-refractivity contribution in [1.29, 1.82) is 0 Å². The summed E-state index contributed by atoms with van der Waals surface area (Å²) < 4.78 is 0. The van der Waals surface area contributed by atoms with Crippen LogP contribution in [0.25, 0.3) is 0 Å². The van der Waals surface area contributed by atoms with Crippen LogP contribution in [0.4, 0.5) is 0 Å². The van der Waals surface area contributed by atoms with E-state index >= 15 is 0 Å². The summed E-state index contributed by atoms with van der Waals surface area (Å²) in [5, 5.41) is 9.34. The van der Waals surface area contributed by atoms with Crippen LogP contribution in [0, 0.1) is 6.92 Å². The van der Waals surface area contributed by atoms with E-state index in [4.69, 9.17) is 0 Å². The van der Waals surface area contributed by atoms with E-state index in [0.717, 1.165) is 45.7 Å². The fraction of sp³-hybridized carbons (Fsp3) is 0.632. The molecule has 0 saturated carbocycles. The van der Waals surface area contributed by atoms with Gasteiger partial charge in [0.2, 0.25) is 0 Å². The van der Waals surface area contributed by atoms with Crippen LogP contribution in [0.1, 0.15) is 18.1 Å². The first-order valence-electron chi connectivity index (χ1n) is 8.90. The fourth-order valence-electron chi connectivity index (χ4n) is 3.33. The van der Waals surface area contributed by atoms with Gasteiger partial charge in [0.1, 0.15) is 0 Å². The molecule has 0 amide bonds. The molecule has 0 spiro atoms. The number of aryl methyl sites for hydroxylation is 1. The van der Waals surface area contributed by atoms with E-state index in [9.17, 15) is 9.90 Å². The quantitative estimate of drug-likeness (QED) is 0.886. The van der Waals surface area contributed by atoms with Gasteiger partial charge in [0.05, 0.1) is 6.54 Å². The van der Waals surface area contributed by atoms with Gasteiger partial charge in [-0.25, -0.2) is 0 Å². The minimum absolute atomic E-state index is 0.113. The highest BCUT2D eigenvalue weighted by molar-refractivity contribution is 5.69. The smallest absolute Gasteiger partial charge is 0.317 e. The predicted octanol–water partition coefficient (Wildman–Crippen LogP) is 1.56. The van der Waals surface area contributed by atoms with Gasteiger partial charge in [-0.15, -0.1) is 0 Å². The lowest BCUT2D eigenvalue weighted by Gasteiger charge is -2.32. The zero-order chi connectivity index (χ0) is 17.5. The van der Waals surface area contributed by atoms with Crippen molar-refractivity contribution in [3.63, 3.8) is 0 Å². The molecule has 1 unspecified atom stereocenters. The van der Waals surface area contributed by atoms with E-state index < -0.39 is 5.97 Å². The Hall–Kier alpha value is -1.43. The molecule has 134 valence electrons. The Morgan fingerprint density at radius 2 is 1.83 bits per heavy atom. The Morgan fingerprint density at radius 1 is 1.17 bits per heavy atom. The predicted molar refractivity (Wildman–Crippen MR) is 97.5 cm³/mol. The molecule has 5 heteroatoms. The van der Waals surface area contributed by atoms with Gasteiger partial charge in [-0.1, -0.05) is 36.8 Å². The number of nitrogens with zero attached hydrogens (tertiary/aromatic N) is 3. The average Bonchev–Trinajstić information content (AvgIpc) is 2.60. The SMILES string of the molecule is CCN1CCN(C)CC(Cc2ccc(C)cc2)N(CC(=O)O)CC1. The van der Waals surface area contributed by atoms with E-state index in [0.29, 0.717) is 0 Å². The van der Waals surface area contributed by atoms with Crippen molar-refractivity contribution in [3.05, 3.63) is 35.4 Å².